The second kappa shape index (κ2) is 5.49. The van der Waals surface area contributed by atoms with E-state index in [0.717, 1.165) is 22.2 Å². The van der Waals surface area contributed by atoms with Crippen LogP contribution < -0.4 is 0 Å². The molecule has 120 valence electrons. The lowest BCUT2D eigenvalue weighted by Crippen LogP contribution is -2.27. The lowest BCUT2D eigenvalue weighted by atomic mass is 10.1. The van der Waals surface area contributed by atoms with Gasteiger partial charge in [0, 0.05) is 24.2 Å². The summed E-state index contributed by atoms with van der Waals surface area (Å²) >= 11 is 0. The number of carbonyl (C=O) groups is 1. The Balaban J connectivity index is 1.65. The number of hydrogen-bond acceptors (Lipinski definition) is 4. The molecule has 0 bridgehead atoms. The van der Waals surface area contributed by atoms with Crippen LogP contribution in [0.4, 0.5) is 0 Å². The summed E-state index contributed by atoms with van der Waals surface area (Å²) in [6.07, 6.45) is 1.88. The molecule has 4 rings (SSSR count). The van der Waals surface area contributed by atoms with Crippen molar-refractivity contribution < 1.29 is 9.21 Å². The fourth-order valence-corrected chi connectivity index (χ4v) is 2.83. The van der Waals surface area contributed by atoms with Crippen molar-refractivity contribution in [2.45, 2.75) is 13.5 Å². The summed E-state index contributed by atoms with van der Waals surface area (Å²) in [4.78, 5) is 14.4. The second-order valence-corrected chi connectivity index (χ2v) is 5.76. The molecular weight excluding hydrogens is 304 g/mol. The summed E-state index contributed by atoms with van der Waals surface area (Å²) in [5.41, 5.74) is 2.33. The number of aryl methyl sites for hydroxylation is 1. The van der Waals surface area contributed by atoms with Gasteiger partial charge in [-0.05, 0) is 25.1 Å². The molecule has 0 aliphatic carbocycles. The maximum Gasteiger partial charge on any atom is 0.290 e. The molecule has 0 N–H and O–H groups in total. The highest BCUT2D eigenvalue weighted by molar-refractivity contribution is 5.98. The summed E-state index contributed by atoms with van der Waals surface area (Å²) in [6, 6.07) is 13.3. The van der Waals surface area contributed by atoms with E-state index in [1.54, 1.807) is 11.9 Å². The van der Waals surface area contributed by atoms with E-state index in [4.69, 9.17) is 4.42 Å². The molecule has 0 saturated heterocycles. The number of para-hydroxylation sites is 1. The molecule has 6 heteroatoms. The molecule has 3 aromatic heterocycles. The van der Waals surface area contributed by atoms with Gasteiger partial charge in [0.05, 0.1) is 6.54 Å². The SMILES string of the molecule is Cc1c(C(=O)N(C)Cc2nnc3ccccn23)oc2ccccc12. The van der Waals surface area contributed by atoms with Crippen molar-refractivity contribution in [1.82, 2.24) is 19.5 Å². The molecule has 1 amide bonds. The van der Waals surface area contributed by atoms with Gasteiger partial charge in [-0.3, -0.25) is 9.20 Å². The van der Waals surface area contributed by atoms with Crippen molar-refractivity contribution in [3.8, 4) is 0 Å². The standard InChI is InChI=1S/C18H16N4O2/c1-12-13-7-3-4-8-14(13)24-17(12)18(23)21(2)11-16-20-19-15-9-5-6-10-22(15)16/h3-10H,11H2,1-2H3. The highest BCUT2D eigenvalue weighted by atomic mass is 16.3. The number of amides is 1. The molecule has 0 spiro atoms. The molecule has 24 heavy (non-hydrogen) atoms. The van der Waals surface area contributed by atoms with Crippen LogP contribution in [0.15, 0.2) is 53.1 Å². The lowest BCUT2D eigenvalue weighted by Gasteiger charge is -2.15. The summed E-state index contributed by atoms with van der Waals surface area (Å²) in [5.74, 6) is 0.902. The molecule has 0 atom stereocenters. The molecule has 0 fully saturated rings. The van der Waals surface area contributed by atoms with Crippen molar-refractivity contribution in [2.75, 3.05) is 7.05 Å². The number of carbonyl (C=O) groups excluding carboxylic acids is 1. The van der Waals surface area contributed by atoms with E-state index < -0.39 is 0 Å². The Morgan fingerprint density at radius 1 is 1.17 bits per heavy atom. The maximum atomic E-state index is 12.8. The number of aromatic nitrogens is 3. The van der Waals surface area contributed by atoms with Gasteiger partial charge in [-0.1, -0.05) is 24.3 Å². The van der Waals surface area contributed by atoms with Crippen LogP contribution in [-0.4, -0.2) is 32.5 Å². The van der Waals surface area contributed by atoms with Crippen LogP contribution in [0.5, 0.6) is 0 Å². The van der Waals surface area contributed by atoms with E-state index in [0.29, 0.717) is 18.1 Å². The summed E-state index contributed by atoms with van der Waals surface area (Å²) in [6.45, 7) is 2.25. The average Bonchev–Trinajstić information content (AvgIpc) is 3.16. The molecular formula is C18H16N4O2. The minimum absolute atomic E-state index is 0.170. The van der Waals surface area contributed by atoms with Crippen molar-refractivity contribution in [3.63, 3.8) is 0 Å². The van der Waals surface area contributed by atoms with E-state index in [1.807, 2.05) is 60.0 Å². The Hall–Kier alpha value is -3.15. The molecule has 3 heterocycles. The van der Waals surface area contributed by atoms with Crippen LogP contribution in [0.25, 0.3) is 16.6 Å². The minimum Gasteiger partial charge on any atom is -0.451 e. The molecule has 4 aromatic rings. The Morgan fingerprint density at radius 2 is 1.96 bits per heavy atom. The summed E-state index contributed by atoms with van der Waals surface area (Å²) in [7, 11) is 1.74. The molecule has 6 nitrogen and oxygen atoms in total. The number of benzene rings is 1. The Morgan fingerprint density at radius 3 is 2.79 bits per heavy atom. The van der Waals surface area contributed by atoms with Crippen molar-refractivity contribution in [2.24, 2.45) is 0 Å². The van der Waals surface area contributed by atoms with Gasteiger partial charge in [-0.2, -0.15) is 0 Å². The predicted octanol–water partition coefficient (Wildman–Crippen LogP) is 3.06. The highest BCUT2D eigenvalue weighted by Crippen LogP contribution is 2.26. The molecule has 0 radical (unpaired) electrons. The van der Waals surface area contributed by atoms with Crippen LogP contribution in [0.1, 0.15) is 21.9 Å². The van der Waals surface area contributed by atoms with Gasteiger partial charge in [0.15, 0.2) is 17.2 Å². The number of pyridine rings is 1. The van der Waals surface area contributed by atoms with Gasteiger partial charge in [-0.25, -0.2) is 0 Å². The van der Waals surface area contributed by atoms with Gasteiger partial charge >= 0.3 is 0 Å². The monoisotopic (exact) mass is 320 g/mol. The zero-order valence-corrected chi connectivity index (χ0v) is 13.4. The van der Waals surface area contributed by atoms with E-state index in [2.05, 4.69) is 10.2 Å². The van der Waals surface area contributed by atoms with Gasteiger partial charge in [0.2, 0.25) is 0 Å². The summed E-state index contributed by atoms with van der Waals surface area (Å²) in [5, 5.41) is 9.23. The number of fused-ring (bicyclic) bond motifs is 2. The van der Waals surface area contributed by atoms with Crippen LogP contribution >= 0.6 is 0 Å². The number of furan rings is 1. The molecule has 1 aromatic carbocycles. The largest absolute Gasteiger partial charge is 0.451 e. The van der Waals surface area contributed by atoms with Crippen LogP contribution in [0.2, 0.25) is 0 Å². The molecule has 0 saturated carbocycles. The minimum atomic E-state index is -0.170. The smallest absolute Gasteiger partial charge is 0.290 e. The first-order chi connectivity index (χ1) is 11.6. The zero-order chi connectivity index (χ0) is 16.7. The lowest BCUT2D eigenvalue weighted by molar-refractivity contribution is 0.0751. The normalized spacial score (nSPS) is 11.2. The predicted molar refractivity (Wildman–Crippen MR) is 89.7 cm³/mol. The van der Waals surface area contributed by atoms with Gasteiger partial charge in [0.25, 0.3) is 5.91 Å². The number of rotatable bonds is 3. The first-order valence-corrected chi connectivity index (χ1v) is 7.67. The highest BCUT2D eigenvalue weighted by Gasteiger charge is 2.22. The third-order valence-electron chi connectivity index (χ3n) is 4.15. The quantitative estimate of drug-likeness (QED) is 0.582. The Bertz CT molecular complexity index is 1050. The van der Waals surface area contributed by atoms with E-state index in [9.17, 15) is 4.79 Å². The van der Waals surface area contributed by atoms with E-state index in [1.165, 1.54) is 0 Å². The van der Waals surface area contributed by atoms with Gasteiger partial charge < -0.3 is 9.32 Å². The van der Waals surface area contributed by atoms with Crippen molar-refractivity contribution in [3.05, 3.63) is 65.8 Å². The van der Waals surface area contributed by atoms with Crippen LogP contribution in [0, 0.1) is 6.92 Å². The number of hydrogen-bond donors (Lipinski definition) is 0. The Labute approximate surface area is 138 Å². The third-order valence-corrected chi connectivity index (χ3v) is 4.15. The van der Waals surface area contributed by atoms with E-state index >= 15 is 0 Å². The zero-order valence-electron chi connectivity index (χ0n) is 13.4. The second-order valence-electron chi connectivity index (χ2n) is 5.76. The number of nitrogens with zero attached hydrogens (tertiary/aromatic N) is 4. The van der Waals surface area contributed by atoms with Crippen LogP contribution in [0.3, 0.4) is 0 Å². The third kappa shape index (κ3) is 2.23. The molecule has 0 unspecified atom stereocenters. The van der Waals surface area contributed by atoms with E-state index in [-0.39, 0.29) is 5.91 Å². The first kappa shape index (κ1) is 14.4. The topological polar surface area (TPSA) is 63.6 Å². The molecule has 0 aliphatic heterocycles. The summed E-state index contributed by atoms with van der Waals surface area (Å²) < 4.78 is 7.62. The molecule has 0 aliphatic rings. The fourth-order valence-electron chi connectivity index (χ4n) is 2.83. The van der Waals surface area contributed by atoms with Gasteiger partial charge in [-0.15, -0.1) is 10.2 Å². The Kier molecular flexibility index (Phi) is 3.30. The van der Waals surface area contributed by atoms with Gasteiger partial charge in [0.1, 0.15) is 5.58 Å². The van der Waals surface area contributed by atoms with Crippen LogP contribution in [-0.2, 0) is 6.54 Å². The van der Waals surface area contributed by atoms with Crippen molar-refractivity contribution >= 4 is 22.5 Å². The first-order valence-electron chi connectivity index (χ1n) is 7.67. The van der Waals surface area contributed by atoms with Crippen molar-refractivity contribution in [1.29, 1.82) is 0 Å². The maximum absolute atomic E-state index is 12.8. The average molecular weight is 320 g/mol. The fraction of sp³-hybridized carbons (Fsp3) is 0.167.